The van der Waals surface area contributed by atoms with Gasteiger partial charge >= 0.3 is 0 Å². The van der Waals surface area contributed by atoms with Gasteiger partial charge in [0.05, 0.1) is 11.7 Å². The fourth-order valence-electron chi connectivity index (χ4n) is 3.24. The van der Waals surface area contributed by atoms with Crippen LogP contribution in [0.3, 0.4) is 0 Å². The second-order valence-electron chi connectivity index (χ2n) is 5.38. The van der Waals surface area contributed by atoms with Crippen LogP contribution in [0.4, 0.5) is 8.78 Å². The van der Waals surface area contributed by atoms with Gasteiger partial charge in [0.25, 0.3) is 5.91 Å². The number of aliphatic hydroxyl groups excluding tert-OH is 1. The van der Waals surface area contributed by atoms with Crippen LogP contribution < -0.4 is 0 Å². The number of aliphatic hydroxyl groups is 1. The highest BCUT2D eigenvalue weighted by atomic mass is 19.2. The predicted molar refractivity (Wildman–Crippen MR) is 64.5 cm³/mol. The van der Waals surface area contributed by atoms with E-state index in [-0.39, 0.29) is 23.5 Å². The highest BCUT2D eigenvalue weighted by molar-refractivity contribution is 5.94. The lowest BCUT2D eigenvalue weighted by Crippen LogP contribution is -2.31. The van der Waals surface area contributed by atoms with Crippen molar-refractivity contribution in [2.75, 3.05) is 13.1 Å². The Hall–Kier alpha value is -1.49. The Labute approximate surface area is 109 Å². The molecule has 3 nitrogen and oxygen atoms in total. The zero-order valence-electron chi connectivity index (χ0n) is 10.4. The van der Waals surface area contributed by atoms with E-state index >= 15 is 0 Å². The number of rotatable bonds is 1. The van der Waals surface area contributed by atoms with Crippen LogP contribution in [0, 0.1) is 23.5 Å². The van der Waals surface area contributed by atoms with Crippen LogP contribution >= 0.6 is 0 Å². The summed E-state index contributed by atoms with van der Waals surface area (Å²) in [6, 6.07) is 3.62. The lowest BCUT2D eigenvalue weighted by molar-refractivity contribution is 0.0747. The molecule has 2 aliphatic rings. The number of amides is 1. The van der Waals surface area contributed by atoms with Gasteiger partial charge in [-0.15, -0.1) is 0 Å². The van der Waals surface area contributed by atoms with E-state index in [4.69, 9.17) is 0 Å². The van der Waals surface area contributed by atoms with Gasteiger partial charge in [0.2, 0.25) is 0 Å². The van der Waals surface area contributed by atoms with Gasteiger partial charge in [-0.05, 0) is 30.9 Å². The normalized spacial score (nSPS) is 29.6. The number of hydrogen-bond donors (Lipinski definition) is 1. The fraction of sp³-hybridized carbons (Fsp3) is 0.500. The van der Waals surface area contributed by atoms with Gasteiger partial charge in [-0.1, -0.05) is 6.07 Å². The SMILES string of the molecule is O=C(c1cccc(F)c1F)N1CC2CCC(O)C2C1. The number of likely N-dealkylation sites (tertiary alicyclic amines) is 1. The van der Waals surface area contributed by atoms with Gasteiger partial charge in [-0.3, -0.25) is 4.79 Å². The van der Waals surface area contributed by atoms with Gasteiger partial charge in [0.1, 0.15) is 0 Å². The first-order valence-corrected chi connectivity index (χ1v) is 6.49. The smallest absolute Gasteiger partial charge is 0.256 e. The summed E-state index contributed by atoms with van der Waals surface area (Å²) in [4.78, 5) is 13.7. The summed E-state index contributed by atoms with van der Waals surface area (Å²) >= 11 is 0. The summed E-state index contributed by atoms with van der Waals surface area (Å²) in [6.45, 7) is 0.955. The van der Waals surface area contributed by atoms with E-state index in [1.807, 2.05) is 0 Å². The standard InChI is InChI=1S/C14H15F2NO2/c15-11-3-1-2-9(13(11)16)14(19)17-6-8-4-5-12(18)10(8)7-17/h1-3,8,10,12,18H,4-7H2. The molecule has 1 aliphatic heterocycles. The van der Waals surface area contributed by atoms with Crippen LogP contribution in [0.15, 0.2) is 18.2 Å². The van der Waals surface area contributed by atoms with Crippen molar-refractivity contribution in [3.8, 4) is 0 Å². The number of carbonyl (C=O) groups is 1. The number of carbonyl (C=O) groups excluding carboxylic acids is 1. The summed E-state index contributed by atoms with van der Waals surface area (Å²) in [7, 11) is 0. The van der Waals surface area contributed by atoms with Crippen molar-refractivity contribution in [3.05, 3.63) is 35.4 Å². The molecule has 1 saturated heterocycles. The van der Waals surface area contributed by atoms with Crippen molar-refractivity contribution in [1.29, 1.82) is 0 Å². The maximum atomic E-state index is 13.6. The van der Waals surface area contributed by atoms with Gasteiger partial charge in [0.15, 0.2) is 11.6 Å². The number of halogens is 2. The minimum atomic E-state index is -1.09. The van der Waals surface area contributed by atoms with Crippen molar-refractivity contribution in [2.45, 2.75) is 18.9 Å². The predicted octanol–water partition coefficient (Wildman–Crippen LogP) is 1.81. The van der Waals surface area contributed by atoms with E-state index in [9.17, 15) is 18.7 Å². The van der Waals surface area contributed by atoms with Crippen molar-refractivity contribution in [3.63, 3.8) is 0 Å². The Kier molecular flexibility index (Phi) is 3.01. The Morgan fingerprint density at radius 3 is 2.79 bits per heavy atom. The van der Waals surface area contributed by atoms with Crippen LogP contribution in [0.1, 0.15) is 23.2 Å². The van der Waals surface area contributed by atoms with E-state index < -0.39 is 17.5 Å². The van der Waals surface area contributed by atoms with Crippen molar-refractivity contribution < 1.29 is 18.7 Å². The molecule has 1 aromatic rings. The molecule has 3 atom stereocenters. The van der Waals surface area contributed by atoms with Gasteiger partial charge in [-0.2, -0.15) is 0 Å². The molecule has 3 unspecified atom stereocenters. The van der Waals surface area contributed by atoms with E-state index in [0.717, 1.165) is 18.9 Å². The topological polar surface area (TPSA) is 40.5 Å². The Bertz CT molecular complexity index is 520. The quantitative estimate of drug-likeness (QED) is 0.843. The molecule has 1 saturated carbocycles. The maximum Gasteiger partial charge on any atom is 0.256 e. The largest absolute Gasteiger partial charge is 0.393 e. The Morgan fingerprint density at radius 2 is 2.05 bits per heavy atom. The molecular weight excluding hydrogens is 252 g/mol. The first-order chi connectivity index (χ1) is 9.08. The number of benzene rings is 1. The summed E-state index contributed by atoms with van der Waals surface area (Å²) in [5.74, 6) is -2.22. The second kappa shape index (κ2) is 4.56. The zero-order chi connectivity index (χ0) is 13.6. The first kappa shape index (κ1) is 12.5. The average Bonchev–Trinajstić information content (AvgIpc) is 2.95. The van der Waals surface area contributed by atoms with Crippen LogP contribution in [-0.2, 0) is 0 Å². The van der Waals surface area contributed by atoms with Crippen LogP contribution in [0.2, 0.25) is 0 Å². The average molecular weight is 267 g/mol. The van der Waals surface area contributed by atoms with Gasteiger partial charge in [-0.25, -0.2) is 8.78 Å². The third-order valence-electron chi connectivity index (χ3n) is 4.29. The fourth-order valence-corrected chi connectivity index (χ4v) is 3.24. The monoisotopic (exact) mass is 267 g/mol. The molecule has 1 aromatic carbocycles. The number of hydrogen-bond acceptors (Lipinski definition) is 2. The minimum absolute atomic E-state index is 0.0839. The second-order valence-corrected chi connectivity index (χ2v) is 5.38. The van der Waals surface area contributed by atoms with E-state index in [0.29, 0.717) is 13.1 Å². The molecular formula is C14H15F2NO2. The Morgan fingerprint density at radius 1 is 1.26 bits per heavy atom. The third kappa shape index (κ3) is 2.02. The molecule has 3 rings (SSSR count). The summed E-state index contributed by atoms with van der Waals surface area (Å²) in [5.41, 5.74) is -0.227. The molecule has 0 radical (unpaired) electrons. The first-order valence-electron chi connectivity index (χ1n) is 6.49. The summed E-state index contributed by atoms with van der Waals surface area (Å²) < 4.78 is 26.7. The molecule has 0 aromatic heterocycles. The van der Waals surface area contributed by atoms with Crippen molar-refractivity contribution in [1.82, 2.24) is 4.90 Å². The van der Waals surface area contributed by atoms with Crippen molar-refractivity contribution >= 4 is 5.91 Å². The maximum absolute atomic E-state index is 13.6. The Balaban J connectivity index is 1.81. The van der Waals surface area contributed by atoms with Crippen LogP contribution in [0.5, 0.6) is 0 Å². The highest BCUT2D eigenvalue weighted by Gasteiger charge is 2.43. The molecule has 0 bridgehead atoms. The van der Waals surface area contributed by atoms with E-state index in [2.05, 4.69) is 0 Å². The molecule has 5 heteroatoms. The zero-order valence-corrected chi connectivity index (χ0v) is 10.4. The molecule has 1 aliphatic carbocycles. The lowest BCUT2D eigenvalue weighted by atomic mass is 10.00. The molecule has 1 N–H and O–H groups in total. The molecule has 102 valence electrons. The van der Waals surface area contributed by atoms with E-state index in [1.54, 1.807) is 0 Å². The molecule has 2 fully saturated rings. The number of fused-ring (bicyclic) bond motifs is 1. The summed E-state index contributed by atoms with van der Waals surface area (Å²) in [5, 5.41) is 9.80. The molecule has 1 heterocycles. The third-order valence-corrected chi connectivity index (χ3v) is 4.29. The van der Waals surface area contributed by atoms with Crippen LogP contribution in [0.25, 0.3) is 0 Å². The molecule has 19 heavy (non-hydrogen) atoms. The van der Waals surface area contributed by atoms with Crippen LogP contribution in [-0.4, -0.2) is 35.1 Å². The molecule has 1 amide bonds. The lowest BCUT2D eigenvalue weighted by Gasteiger charge is -2.18. The minimum Gasteiger partial charge on any atom is -0.393 e. The summed E-state index contributed by atoms with van der Waals surface area (Å²) in [6.07, 6.45) is 1.28. The van der Waals surface area contributed by atoms with Gasteiger partial charge in [0, 0.05) is 19.0 Å². The van der Waals surface area contributed by atoms with Crippen molar-refractivity contribution in [2.24, 2.45) is 11.8 Å². The highest BCUT2D eigenvalue weighted by Crippen LogP contribution is 2.38. The van der Waals surface area contributed by atoms with E-state index in [1.165, 1.54) is 17.0 Å². The molecule has 0 spiro atoms. The van der Waals surface area contributed by atoms with Gasteiger partial charge < -0.3 is 10.0 Å². The number of nitrogens with zero attached hydrogens (tertiary/aromatic N) is 1.